The fraction of sp³-hybridized carbons (Fsp3) is 0.500. The first kappa shape index (κ1) is 29.2. The number of hydrogen-bond acceptors (Lipinski definition) is 2. The van der Waals surface area contributed by atoms with E-state index in [4.69, 9.17) is 9.47 Å². The summed E-state index contributed by atoms with van der Waals surface area (Å²) in [4.78, 5) is 0. The summed E-state index contributed by atoms with van der Waals surface area (Å²) >= 11 is 21.8. The van der Waals surface area contributed by atoms with E-state index in [9.17, 15) is 0 Å². The molecule has 0 fully saturated rings. The highest BCUT2D eigenvalue weighted by molar-refractivity contribution is 9.15. The molecule has 0 heterocycles. The molecule has 2 rings (SSSR count). The van der Waals surface area contributed by atoms with Crippen LogP contribution in [0.2, 0.25) is 0 Å². The molecule has 0 aliphatic rings. The summed E-state index contributed by atoms with van der Waals surface area (Å²) in [5.74, 6) is 1.61. The third-order valence-electron chi connectivity index (χ3n) is 5.21. The predicted molar refractivity (Wildman–Crippen MR) is 157 cm³/mol. The maximum absolute atomic E-state index is 6.02. The number of benzene rings is 2. The second kappa shape index (κ2) is 15.1. The minimum Gasteiger partial charge on any atom is -0.489 e. The lowest BCUT2D eigenvalue weighted by Crippen LogP contribution is -2.11. The number of unbranched alkanes of at least 4 members (excludes halogenated alkanes) is 6. The topological polar surface area (TPSA) is 18.5 Å². The van der Waals surface area contributed by atoms with Crippen molar-refractivity contribution in [2.24, 2.45) is 0 Å². The highest BCUT2D eigenvalue weighted by Gasteiger charge is 2.18. The zero-order chi connectivity index (χ0) is 23.7. The third-order valence-corrected chi connectivity index (χ3v) is 12.4. The molecular weight excluding hydrogens is 800 g/mol. The highest BCUT2D eigenvalue weighted by atomic mass is 79.9. The maximum Gasteiger partial charge on any atom is 0.138 e. The molecule has 2 nitrogen and oxygen atoms in total. The summed E-state index contributed by atoms with van der Waals surface area (Å²) in [5.41, 5.74) is 2.34. The molecule has 0 aliphatic carbocycles. The fourth-order valence-electron chi connectivity index (χ4n) is 3.34. The van der Waals surface area contributed by atoms with Gasteiger partial charge in [0, 0.05) is 19.0 Å². The van der Waals surface area contributed by atoms with Crippen LogP contribution in [0.4, 0.5) is 0 Å². The van der Waals surface area contributed by atoms with Gasteiger partial charge in [-0.15, -0.1) is 0 Å². The lowest BCUT2D eigenvalue weighted by atomic mass is 10.0. The monoisotopic (exact) mass is 822 g/mol. The molecule has 178 valence electrons. The quantitative estimate of drug-likeness (QED) is 0.114. The van der Waals surface area contributed by atoms with Crippen LogP contribution in [0.1, 0.15) is 63.0 Å². The summed E-state index contributed by atoms with van der Waals surface area (Å²) < 4.78 is 17.8. The van der Waals surface area contributed by atoms with Gasteiger partial charge in [0.25, 0.3) is 0 Å². The largest absolute Gasteiger partial charge is 0.489 e. The van der Waals surface area contributed by atoms with Gasteiger partial charge in [-0.05, 0) is 127 Å². The van der Waals surface area contributed by atoms with E-state index in [0.717, 1.165) is 50.3 Å². The molecule has 0 unspecified atom stereocenters. The summed E-state index contributed by atoms with van der Waals surface area (Å²) in [6, 6.07) is 4.20. The van der Waals surface area contributed by atoms with Crippen LogP contribution >= 0.6 is 95.6 Å². The van der Waals surface area contributed by atoms with Gasteiger partial charge in [0.15, 0.2) is 0 Å². The van der Waals surface area contributed by atoms with Crippen molar-refractivity contribution in [1.29, 1.82) is 0 Å². The lowest BCUT2D eigenvalue weighted by Gasteiger charge is -2.17. The molecule has 2 aromatic carbocycles. The van der Waals surface area contributed by atoms with E-state index in [1.54, 1.807) is 0 Å². The van der Waals surface area contributed by atoms with Gasteiger partial charge >= 0.3 is 0 Å². The van der Waals surface area contributed by atoms with Crippen molar-refractivity contribution in [3.05, 3.63) is 50.1 Å². The van der Waals surface area contributed by atoms with Gasteiger partial charge in [-0.25, -0.2) is 0 Å². The van der Waals surface area contributed by atoms with Gasteiger partial charge in [0.1, 0.15) is 24.7 Å². The zero-order valence-electron chi connectivity index (χ0n) is 18.3. The second-order valence-corrected chi connectivity index (χ2v) is 12.4. The Morgan fingerprint density at radius 3 is 1.91 bits per heavy atom. The standard InChI is InChI=1S/C24H28Br6O2/c1-3-4-5-6-7-8-9-10-16-11-12-17(20(27)19(16)26)31-13-14-32-24-15(2)18(25)21(28)22(29)23(24)30/h11-12H,3-10,13-14H2,1-2H3. The number of ether oxygens (including phenoxy) is 2. The predicted octanol–water partition coefficient (Wildman–Crippen LogP) is 11.3. The average molecular weight is 828 g/mol. The van der Waals surface area contributed by atoms with Crippen molar-refractivity contribution < 1.29 is 9.47 Å². The summed E-state index contributed by atoms with van der Waals surface area (Å²) in [7, 11) is 0. The summed E-state index contributed by atoms with van der Waals surface area (Å²) in [6.07, 6.45) is 10.3. The Morgan fingerprint density at radius 2 is 1.22 bits per heavy atom. The van der Waals surface area contributed by atoms with E-state index in [2.05, 4.69) is 109 Å². The van der Waals surface area contributed by atoms with Crippen LogP contribution in [-0.4, -0.2) is 13.2 Å². The molecule has 0 atom stereocenters. The molecule has 8 heteroatoms. The van der Waals surface area contributed by atoms with Gasteiger partial charge in [-0.3, -0.25) is 0 Å². The van der Waals surface area contributed by atoms with Crippen molar-refractivity contribution in [2.45, 2.75) is 65.2 Å². The van der Waals surface area contributed by atoms with Crippen LogP contribution in [0.5, 0.6) is 11.5 Å². The molecule has 0 saturated carbocycles. The lowest BCUT2D eigenvalue weighted by molar-refractivity contribution is 0.214. The van der Waals surface area contributed by atoms with Gasteiger partial charge in [-0.2, -0.15) is 0 Å². The Hall–Kier alpha value is 0.920. The minimum absolute atomic E-state index is 0.434. The van der Waals surface area contributed by atoms with Crippen LogP contribution in [0.15, 0.2) is 39.0 Å². The molecule has 0 radical (unpaired) electrons. The molecule has 0 N–H and O–H groups in total. The van der Waals surface area contributed by atoms with Crippen molar-refractivity contribution in [3.63, 3.8) is 0 Å². The smallest absolute Gasteiger partial charge is 0.138 e. The maximum atomic E-state index is 6.02. The van der Waals surface area contributed by atoms with Crippen LogP contribution in [0.3, 0.4) is 0 Å². The Labute approximate surface area is 242 Å². The van der Waals surface area contributed by atoms with E-state index in [-0.39, 0.29) is 0 Å². The van der Waals surface area contributed by atoms with Crippen molar-refractivity contribution in [3.8, 4) is 11.5 Å². The van der Waals surface area contributed by atoms with Crippen molar-refractivity contribution >= 4 is 95.6 Å². The number of rotatable bonds is 13. The van der Waals surface area contributed by atoms with Crippen molar-refractivity contribution in [2.75, 3.05) is 13.2 Å². The van der Waals surface area contributed by atoms with E-state index >= 15 is 0 Å². The highest BCUT2D eigenvalue weighted by Crippen LogP contribution is 2.45. The Morgan fingerprint density at radius 1 is 0.625 bits per heavy atom. The van der Waals surface area contributed by atoms with E-state index in [1.807, 2.05) is 13.0 Å². The first-order chi connectivity index (χ1) is 15.3. The minimum atomic E-state index is 0.434. The molecular formula is C24H28Br6O2. The molecule has 0 aromatic heterocycles. The van der Waals surface area contributed by atoms with Gasteiger partial charge in [0.2, 0.25) is 0 Å². The molecule has 0 amide bonds. The molecule has 0 aliphatic heterocycles. The van der Waals surface area contributed by atoms with Crippen LogP contribution < -0.4 is 9.47 Å². The van der Waals surface area contributed by atoms with E-state index in [0.29, 0.717) is 13.2 Å². The van der Waals surface area contributed by atoms with Gasteiger partial charge < -0.3 is 9.47 Å². The van der Waals surface area contributed by atoms with Crippen LogP contribution in [0, 0.1) is 6.92 Å². The molecule has 0 saturated heterocycles. The van der Waals surface area contributed by atoms with Gasteiger partial charge in [0.05, 0.1) is 13.4 Å². The summed E-state index contributed by atoms with van der Waals surface area (Å²) in [5, 5.41) is 0. The molecule has 0 spiro atoms. The summed E-state index contributed by atoms with van der Waals surface area (Å²) in [6.45, 7) is 5.15. The first-order valence-electron chi connectivity index (χ1n) is 10.8. The molecule has 32 heavy (non-hydrogen) atoms. The van der Waals surface area contributed by atoms with Crippen LogP contribution in [0.25, 0.3) is 0 Å². The Bertz CT molecular complexity index is 872. The number of hydrogen-bond donors (Lipinski definition) is 0. The molecule has 0 bridgehead atoms. The third kappa shape index (κ3) is 8.25. The SMILES string of the molecule is CCCCCCCCCc1ccc(OCCOc2c(C)c(Br)c(Br)c(Br)c2Br)c(Br)c1Br. The normalized spacial score (nSPS) is 11.1. The Kier molecular flexibility index (Phi) is 13.8. The second-order valence-electron chi connectivity index (χ2n) is 7.63. The number of aryl methyl sites for hydroxylation is 1. The van der Waals surface area contributed by atoms with E-state index < -0.39 is 0 Å². The fourth-order valence-corrected chi connectivity index (χ4v) is 6.76. The van der Waals surface area contributed by atoms with Crippen LogP contribution in [-0.2, 0) is 6.42 Å². The van der Waals surface area contributed by atoms with Gasteiger partial charge in [-0.1, -0.05) is 51.5 Å². The average Bonchev–Trinajstić information content (AvgIpc) is 2.79. The van der Waals surface area contributed by atoms with E-state index in [1.165, 1.54) is 50.5 Å². The van der Waals surface area contributed by atoms with Crippen molar-refractivity contribution in [1.82, 2.24) is 0 Å². The number of halogens is 6. The first-order valence-corrected chi connectivity index (χ1v) is 15.6. The Balaban J connectivity index is 1.85. The zero-order valence-corrected chi connectivity index (χ0v) is 27.8. The molecule has 2 aromatic rings.